The van der Waals surface area contributed by atoms with Gasteiger partial charge in [0, 0.05) is 13.0 Å². The van der Waals surface area contributed by atoms with Crippen LogP contribution in [0.1, 0.15) is 19.3 Å². The van der Waals surface area contributed by atoms with E-state index in [2.05, 4.69) is 4.72 Å². The van der Waals surface area contributed by atoms with Crippen molar-refractivity contribution in [2.24, 2.45) is 0 Å². The lowest BCUT2D eigenvalue weighted by Crippen LogP contribution is -2.24. The van der Waals surface area contributed by atoms with Crippen molar-refractivity contribution in [1.29, 1.82) is 0 Å². The van der Waals surface area contributed by atoms with E-state index in [0.29, 0.717) is 12.8 Å². The van der Waals surface area contributed by atoms with Gasteiger partial charge in [0.25, 0.3) is 0 Å². The van der Waals surface area contributed by atoms with Crippen LogP contribution >= 0.6 is 23.2 Å². The van der Waals surface area contributed by atoms with Gasteiger partial charge >= 0.3 is 5.97 Å². The van der Waals surface area contributed by atoms with Gasteiger partial charge in [-0.3, -0.25) is 4.79 Å². The summed E-state index contributed by atoms with van der Waals surface area (Å²) in [5.74, 6) is -0.896. The van der Waals surface area contributed by atoms with E-state index in [4.69, 9.17) is 28.3 Å². The number of carbonyl (C=O) groups is 1. The van der Waals surface area contributed by atoms with Gasteiger partial charge in [-0.15, -0.1) is 0 Å². The van der Waals surface area contributed by atoms with E-state index in [9.17, 15) is 13.2 Å². The predicted octanol–water partition coefficient (Wildman–Crippen LogP) is 2.53. The molecule has 1 rings (SSSR count). The lowest BCUT2D eigenvalue weighted by atomic mass is 10.2. The zero-order chi connectivity index (χ0) is 14.5. The van der Waals surface area contributed by atoms with E-state index in [0.717, 1.165) is 0 Å². The van der Waals surface area contributed by atoms with E-state index in [1.54, 1.807) is 0 Å². The van der Waals surface area contributed by atoms with Crippen LogP contribution in [0.25, 0.3) is 0 Å². The normalized spacial score (nSPS) is 11.5. The molecule has 2 N–H and O–H groups in total. The molecule has 0 heterocycles. The summed E-state index contributed by atoms with van der Waals surface area (Å²) in [6.45, 7) is 0.176. The fourth-order valence-corrected chi connectivity index (χ4v) is 2.80. The van der Waals surface area contributed by atoms with Crippen LogP contribution in [0.4, 0.5) is 0 Å². The predicted molar refractivity (Wildman–Crippen MR) is 73.1 cm³/mol. The van der Waals surface area contributed by atoms with Gasteiger partial charge in [-0.25, -0.2) is 13.1 Å². The molecule has 0 saturated carbocycles. The van der Waals surface area contributed by atoms with Crippen molar-refractivity contribution in [2.45, 2.75) is 24.2 Å². The third-order valence-electron chi connectivity index (χ3n) is 2.31. The second-order valence-electron chi connectivity index (χ2n) is 3.82. The number of aliphatic carboxylic acids is 1. The van der Waals surface area contributed by atoms with Crippen LogP contribution in [-0.4, -0.2) is 26.0 Å². The van der Waals surface area contributed by atoms with E-state index in [1.165, 1.54) is 18.2 Å². The van der Waals surface area contributed by atoms with Gasteiger partial charge < -0.3 is 5.11 Å². The van der Waals surface area contributed by atoms with Gasteiger partial charge in [-0.05, 0) is 31.0 Å². The second kappa shape index (κ2) is 7.09. The van der Waals surface area contributed by atoms with Gasteiger partial charge in [-0.2, -0.15) is 0 Å². The molecule has 5 nitrogen and oxygen atoms in total. The third kappa shape index (κ3) is 5.36. The highest BCUT2D eigenvalue weighted by molar-refractivity contribution is 7.89. The van der Waals surface area contributed by atoms with Crippen LogP contribution in [0.5, 0.6) is 0 Å². The maximum Gasteiger partial charge on any atom is 0.303 e. The first-order chi connectivity index (χ1) is 8.83. The second-order valence-corrected chi connectivity index (χ2v) is 6.41. The number of nitrogens with one attached hydrogen (secondary N) is 1. The van der Waals surface area contributed by atoms with E-state index >= 15 is 0 Å². The molecule has 0 spiro atoms. The van der Waals surface area contributed by atoms with Crippen molar-refractivity contribution in [3.05, 3.63) is 28.2 Å². The average Bonchev–Trinajstić information content (AvgIpc) is 2.31. The molecule has 0 fully saturated rings. The summed E-state index contributed by atoms with van der Waals surface area (Å²) in [5.41, 5.74) is 0. The Morgan fingerprint density at radius 2 is 1.89 bits per heavy atom. The van der Waals surface area contributed by atoms with Crippen LogP contribution in [-0.2, 0) is 14.8 Å². The summed E-state index contributed by atoms with van der Waals surface area (Å²) in [7, 11) is -3.64. The number of carboxylic acids is 1. The molecule has 106 valence electrons. The van der Waals surface area contributed by atoms with Gasteiger partial charge in [0.1, 0.15) is 0 Å². The molecular formula is C11H13Cl2NO4S. The van der Waals surface area contributed by atoms with Crippen molar-refractivity contribution < 1.29 is 18.3 Å². The van der Waals surface area contributed by atoms with E-state index in [1.807, 2.05) is 0 Å². The molecule has 0 unspecified atom stereocenters. The summed E-state index contributed by atoms with van der Waals surface area (Å²) < 4.78 is 26.1. The Kier molecular flexibility index (Phi) is 6.06. The molecule has 0 aliphatic carbocycles. The van der Waals surface area contributed by atoms with Crippen LogP contribution in [0.3, 0.4) is 0 Å². The Bertz CT molecular complexity index is 560. The molecule has 0 atom stereocenters. The molecule has 1 aromatic carbocycles. The highest BCUT2D eigenvalue weighted by Crippen LogP contribution is 2.24. The highest BCUT2D eigenvalue weighted by Gasteiger charge is 2.14. The number of hydrogen-bond acceptors (Lipinski definition) is 3. The third-order valence-corrected chi connectivity index (χ3v) is 4.51. The van der Waals surface area contributed by atoms with Crippen LogP contribution in [0, 0.1) is 0 Å². The number of sulfonamides is 1. The van der Waals surface area contributed by atoms with E-state index < -0.39 is 16.0 Å². The molecule has 0 saturated heterocycles. The molecule has 0 bridgehead atoms. The number of hydrogen-bond donors (Lipinski definition) is 2. The minimum absolute atomic E-state index is 0.0223. The number of unbranched alkanes of at least 4 members (excludes halogenated alkanes) is 1. The summed E-state index contributed by atoms with van der Waals surface area (Å²) in [6, 6.07) is 4.03. The molecule has 19 heavy (non-hydrogen) atoms. The monoisotopic (exact) mass is 325 g/mol. The van der Waals surface area contributed by atoms with Crippen LogP contribution < -0.4 is 4.72 Å². The SMILES string of the molecule is O=C(O)CCCCNS(=O)(=O)c1ccc(Cl)c(Cl)c1. The summed E-state index contributed by atoms with van der Waals surface area (Å²) >= 11 is 11.5. The zero-order valence-corrected chi connectivity index (χ0v) is 12.2. The van der Waals surface area contributed by atoms with Gasteiger partial charge in [0.2, 0.25) is 10.0 Å². The lowest BCUT2D eigenvalue weighted by molar-refractivity contribution is -0.137. The van der Waals surface area contributed by atoms with Crippen LogP contribution in [0.15, 0.2) is 23.1 Å². The highest BCUT2D eigenvalue weighted by atomic mass is 35.5. The number of halogens is 2. The van der Waals surface area contributed by atoms with Gasteiger partial charge in [0.15, 0.2) is 0 Å². The zero-order valence-electron chi connectivity index (χ0n) is 9.90. The first-order valence-electron chi connectivity index (χ1n) is 5.49. The molecule has 0 amide bonds. The van der Waals surface area contributed by atoms with Crippen LogP contribution in [0.2, 0.25) is 10.0 Å². The van der Waals surface area contributed by atoms with Crippen molar-refractivity contribution in [3.8, 4) is 0 Å². The summed E-state index contributed by atoms with van der Waals surface area (Å²) in [5, 5.41) is 8.88. The Morgan fingerprint density at radius 3 is 2.47 bits per heavy atom. The Labute approximate surface area is 121 Å². The number of rotatable bonds is 7. The summed E-state index contributed by atoms with van der Waals surface area (Å²) in [4.78, 5) is 10.3. The van der Waals surface area contributed by atoms with Gasteiger partial charge in [-0.1, -0.05) is 23.2 Å². The summed E-state index contributed by atoms with van der Waals surface area (Å²) in [6.07, 6.45) is 0.889. The first kappa shape index (κ1) is 16.2. The topological polar surface area (TPSA) is 83.5 Å². The minimum Gasteiger partial charge on any atom is -0.481 e. The molecule has 8 heteroatoms. The van der Waals surface area contributed by atoms with Gasteiger partial charge in [0.05, 0.1) is 14.9 Å². The molecule has 0 aromatic heterocycles. The van der Waals surface area contributed by atoms with Crippen molar-refractivity contribution >= 4 is 39.2 Å². The maximum atomic E-state index is 11.9. The Balaban J connectivity index is 2.56. The largest absolute Gasteiger partial charge is 0.481 e. The molecule has 0 radical (unpaired) electrons. The number of carboxylic acid groups (broad SMARTS) is 1. The molecule has 0 aliphatic rings. The fraction of sp³-hybridized carbons (Fsp3) is 0.364. The fourth-order valence-electron chi connectivity index (χ4n) is 1.34. The van der Waals surface area contributed by atoms with E-state index in [-0.39, 0.29) is 27.9 Å². The van der Waals surface area contributed by atoms with Crippen molar-refractivity contribution in [2.75, 3.05) is 6.54 Å². The minimum atomic E-state index is -3.64. The lowest BCUT2D eigenvalue weighted by Gasteiger charge is -2.07. The average molecular weight is 326 g/mol. The Hall–Kier alpha value is -0.820. The Morgan fingerprint density at radius 1 is 1.21 bits per heavy atom. The quantitative estimate of drug-likeness (QED) is 0.754. The molecular weight excluding hydrogens is 313 g/mol. The standard InChI is InChI=1S/C11H13Cl2NO4S/c12-9-5-4-8(7-10(9)13)19(17,18)14-6-2-1-3-11(15)16/h4-5,7,14H,1-3,6H2,(H,15,16). The van der Waals surface area contributed by atoms with Crippen molar-refractivity contribution in [1.82, 2.24) is 4.72 Å². The molecule has 0 aliphatic heterocycles. The number of benzene rings is 1. The van der Waals surface area contributed by atoms with Crippen molar-refractivity contribution in [3.63, 3.8) is 0 Å². The maximum absolute atomic E-state index is 11.9. The first-order valence-corrected chi connectivity index (χ1v) is 7.73. The molecule has 1 aromatic rings. The smallest absolute Gasteiger partial charge is 0.303 e.